The third-order valence-corrected chi connectivity index (χ3v) is 5.88. The fourth-order valence-corrected chi connectivity index (χ4v) is 4.06. The van der Waals surface area contributed by atoms with Gasteiger partial charge >= 0.3 is 78.0 Å². The predicted molar refractivity (Wildman–Crippen MR) is 40.8 cm³/mol. The van der Waals surface area contributed by atoms with Crippen LogP contribution in [0.25, 0.3) is 0 Å². The average molecular weight is 308 g/mol. The van der Waals surface area contributed by atoms with Gasteiger partial charge in [0.15, 0.2) is 0 Å². The molecule has 0 aromatic heterocycles. The van der Waals surface area contributed by atoms with E-state index < -0.39 is 45.1 Å². The number of rotatable bonds is 5. The molecule has 7 nitrogen and oxygen atoms in total. The first-order chi connectivity index (χ1) is 5.37. The van der Waals surface area contributed by atoms with Crippen LogP contribution in [0.2, 0.25) is 0 Å². The van der Waals surface area contributed by atoms with Crippen LogP contribution in [-0.2, 0) is 9.36 Å². The van der Waals surface area contributed by atoms with Crippen molar-refractivity contribution in [1.29, 1.82) is 0 Å². The molecule has 0 aliphatic heterocycles. The molecule has 9 heteroatoms. The van der Waals surface area contributed by atoms with E-state index in [4.69, 9.17) is 20.0 Å². The summed E-state index contributed by atoms with van der Waals surface area (Å²) in [7, 11) is 0. The van der Waals surface area contributed by atoms with Crippen LogP contribution >= 0.6 is 5.17 Å². The first-order valence-corrected chi connectivity index (χ1v) is 9.65. The summed E-state index contributed by atoms with van der Waals surface area (Å²) in [5.41, 5.74) is 0. The van der Waals surface area contributed by atoms with Crippen molar-refractivity contribution < 1.29 is 29.4 Å². The molecule has 0 radical (unpaired) electrons. The van der Waals surface area contributed by atoms with E-state index in [2.05, 4.69) is 3.48 Å². The summed E-state index contributed by atoms with van der Waals surface area (Å²) in [5, 5.41) is 12.7. The zero-order chi connectivity index (χ0) is 9.78. The summed E-state index contributed by atoms with van der Waals surface area (Å²) in [5.74, 6) is -1.31. The van der Waals surface area contributed by atoms with Gasteiger partial charge in [-0.2, -0.15) is 0 Å². The van der Waals surface area contributed by atoms with Crippen molar-refractivity contribution in [2.75, 3.05) is 6.61 Å². The van der Waals surface area contributed by atoms with Crippen LogP contribution in [0.5, 0.6) is 0 Å². The van der Waals surface area contributed by atoms with Crippen LogP contribution in [-0.4, -0.2) is 60.0 Å². The topological polar surface area (TPSA) is 127 Å². The molecule has 0 fully saturated rings. The number of hydrogen-bond donors (Lipinski definition) is 5. The molecule has 0 saturated heterocycles. The second-order valence-corrected chi connectivity index (χ2v) is 10.9. The molecular weight excluding hydrogens is 299 g/mol. The number of aliphatic hydroxyl groups is 1. The van der Waals surface area contributed by atoms with Gasteiger partial charge in [0.2, 0.25) is 0 Å². The van der Waals surface area contributed by atoms with Crippen molar-refractivity contribution in [1.82, 2.24) is 3.48 Å². The van der Waals surface area contributed by atoms with Crippen molar-refractivity contribution in [3.63, 3.8) is 0 Å². The molecule has 5 N–H and O–H groups in total. The Hall–Kier alpha value is 0.358. The van der Waals surface area contributed by atoms with Crippen molar-refractivity contribution in [2.24, 2.45) is 0 Å². The van der Waals surface area contributed by atoms with E-state index in [1.165, 1.54) is 0 Å². The molecule has 0 saturated carbocycles. The molecule has 0 unspecified atom stereocenters. The van der Waals surface area contributed by atoms with Gasteiger partial charge in [0.25, 0.3) is 0 Å². The minimum atomic E-state index is -4.09. The molecule has 1 atom stereocenters. The molecule has 0 rings (SSSR count). The molecule has 0 aromatic rings. The monoisotopic (exact) mass is 307 g/mol. The van der Waals surface area contributed by atoms with Crippen molar-refractivity contribution in [3.05, 3.63) is 0 Å². The SMILES string of the molecule is O=C(O)[C@H](CO)[NH][SbH][P](=O)(O)O. The third-order valence-electron chi connectivity index (χ3n) is 0.865. The van der Waals surface area contributed by atoms with E-state index >= 15 is 0 Å². The summed E-state index contributed by atoms with van der Waals surface area (Å²) < 4.78 is 12.5. The fraction of sp³-hybridized carbons (Fsp3) is 0.667. The van der Waals surface area contributed by atoms with Gasteiger partial charge in [-0.3, -0.25) is 0 Å². The van der Waals surface area contributed by atoms with Crippen LogP contribution in [0.3, 0.4) is 0 Å². The Kier molecular flexibility index (Phi) is 5.32. The van der Waals surface area contributed by atoms with E-state index in [0.717, 1.165) is 0 Å². The van der Waals surface area contributed by atoms with Crippen molar-refractivity contribution in [3.8, 4) is 0 Å². The Morgan fingerprint density at radius 1 is 1.58 bits per heavy atom. The van der Waals surface area contributed by atoms with Crippen LogP contribution in [0.1, 0.15) is 0 Å². The summed E-state index contributed by atoms with van der Waals surface area (Å²) in [6.45, 7) is -0.670. The predicted octanol–water partition coefficient (Wildman–Crippen LogP) is -2.53. The van der Waals surface area contributed by atoms with Gasteiger partial charge in [-0.15, -0.1) is 0 Å². The molecule has 0 bridgehead atoms. The zero-order valence-corrected chi connectivity index (χ0v) is 9.59. The van der Waals surface area contributed by atoms with Crippen LogP contribution in [0.15, 0.2) is 0 Å². The normalized spacial score (nSPS) is 14.2. The van der Waals surface area contributed by atoms with E-state index in [1.54, 1.807) is 0 Å². The van der Waals surface area contributed by atoms with Crippen LogP contribution < -0.4 is 3.48 Å². The number of carboxylic acid groups (broad SMARTS) is 1. The summed E-state index contributed by atoms with van der Waals surface area (Å²) in [4.78, 5) is 27.0. The second-order valence-electron chi connectivity index (χ2n) is 1.87. The Labute approximate surface area is 78.2 Å². The summed E-state index contributed by atoms with van der Waals surface area (Å²) in [6, 6.07) is -1.26. The van der Waals surface area contributed by atoms with E-state index in [1.807, 2.05) is 0 Å². The van der Waals surface area contributed by atoms with Gasteiger partial charge in [-0.25, -0.2) is 0 Å². The molecule has 72 valence electrons. The number of hydrogen-bond acceptors (Lipinski definition) is 4. The first kappa shape index (κ1) is 12.4. The van der Waals surface area contributed by atoms with E-state index in [-0.39, 0.29) is 0 Å². The Balaban J connectivity index is 3.90. The van der Waals surface area contributed by atoms with Gasteiger partial charge < -0.3 is 0 Å². The Bertz CT molecular complexity index is 203. The van der Waals surface area contributed by atoms with Crippen LogP contribution in [0.4, 0.5) is 0 Å². The van der Waals surface area contributed by atoms with Crippen molar-refractivity contribution in [2.45, 2.75) is 6.04 Å². The first-order valence-electron chi connectivity index (χ1n) is 2.79. The summed E-state index contributed by atoms with van der Waals surface area (Å²) >= 11 is -2.25. The molecular formula is C3H9NO6PSb. The minimum absolute atomic E-state index is 0.670. The second kappa shape index (κ2) is 5.17. The maximum absolute atomic E-state index is 10.3. The molecule has 0 aliphatic rings. The number of aliphatic hydroxyl groups excluding tert-OH is 1. The van der Waals surface area contributed by atoms with E-state index in [9.17, 15) is 9.36 Å². The number of aliphatic carboxylic acids is 1. The van der Waals surface area contributed by atoms with Gasteiger partial charge in [0.05, 0.1) is 0 Å². The van der Waals surface area contributed by atoms with E-state index in [0.29, 0.717) is 0 Å². The van der Waals surface area contributed by atoms with Gasteiger partial charge in [-0.05, 0) is 0 Å². The fourth-order valence-electron chi connectivity index (χ4n) is 0.347. The molecule has 12 heavy (non-hydrogen) atoms. The Morgan fingerprint density at radius 2 is 2.08 bits per heavy atom. The summed E-state index contributed by atoms with van der Waals surface area (Å²) in [6.07, 6.45) is 0. The van der Waals surface area contributed by atoms with Crippen molar-refractivity contribution >= 4 is 32.5 Å². The molecule has 0 aliphatic carbocycles. The van der Waals surface area contributed by atoms with Crippen LogP contribution in [0, 0.1) is 0 Å². The maximum atomic E-state index is 10.3. The number of carboxylic acids is 1. The van der Waals surface area contributed by atoms with Gasteiger partial charge in [-0.1, -0.05) is 0 Å². The quantitative estimate of drug-likeness (QED) is 0.280. The molecule has 0 aromatic carbocycles. The molecule has 0 spiro atoms. The Morgan fingerprint density at radius 3 is 2.33 bits per heavy atom. The number of carbonyl (C=O) groups is 1. The zero-order valence-electron chi connectivity index (χ0n) is 5.84. The molecule has 0 amide bonds. The number of nitrogens with one attached hydrogen (secondary N) is 1. The van der Waals surface area contributed by atoms with Gasteiger partial charge in [0.1, 0.15) is 0 Å². The molecule has 0 heterocycles. The average Bonchev–Trinajstić information content (AvgIpc) is 1.85. The third kappa shape index (κ3) is 5.94. The standard InChI is InChI=1S/C3H6NO3.HO3P.Sb.H/c4-2(1-5)3(6)7;1-4(2)3;;/h2,4-5H,1H2,(H,6,7);(H-,1,2,3);;/q-1;;;/p+1/t2-;;;/m0.../s1. The van der Waals surface area contributed by atoms with Gasteiger partial charge in [0, 0.05) is 0 Å².